The second-order valence-electron chi connectivity index (χ2n) is 9.85. The lowest BCUT2D eigenvalue weighted by Gasteiger charge is -2.25. The molecule has 3 saturated heterocycles. The maximum absolute atomic E-state index is 15.8. The number of phosphoric acid groups is 2. The van der Waals surface area contributed by atoms with Gasteiger partial charge < -0.3 is 30.7 Å². The van der Waals surface area contributed by atoms with Crippen LogP contribution in [0.25, 0.3) is 22.3 Å². The predicted octanol–water partition coefficient (Wildman–Crippen LogP) is 0.320. The van der Waals surface area contributed by atoms with Gasteiger partial charge in [0.05, 0.1) is 25.9 Å². The fourth-order valence-corrected chi connectivity index (χ4v) is 7.04. The van der Waals surface area contributed by atoms with Crippen molar-refractivity contribution in [2.24, 2.45) is 0 Å². The number of nitrogens with zero attached hydrogens (tertiary/aromatic N) is 8. The summed E-state index contributed by atoms with van der Waals surface area (Å²) in [7, 11) is -10.3. The van der Waals surface area contributed by atoms with Crippen molar-refractivity contribution in [3.63, 3.8) is 0 Å². The lowest BCUT2D eigenvalue weighted by atomic mass is 10.1. The molecule has 7 rings (SSSR count). The zero-order chi connectivity index (χ0) is 31.0. The number of imidazole rings is 2. The van der Waals surface area contributed by atoms with E-state index in [0.29, 0.717) is 0 Å². The van der Waals surface area contributed by atoms with Gasteiger partial charge in [0.2, 0.25) is 0 Å². The quantitative estimate of drug-likeness (QED) is 0.210. The Morgan fingerprint density at radius 2 is 1.23 bits per heavy atom. The molecule has 0 radical (unpaired) electrons. The molecule has 3 fully saturated rings. The summed E-state index contributed by atoms with van der Waals surface area (Å²) in [6, 6.07) is 0. The van der Waals surface area contributed by atoms with E-state index >= 15 is 8.78 Å². The highest BCUT2D eigenvalue weighted by Crippen LogP contribution is 2.54. The van der Waals surface area contributed by atoms with E-state index in [1.165, 1.54) is 4.57 Å². The van der Waals surface area contributed by atoms with Crippen molar-refractivity contribution in [1.29, 1.82) is 0 Å². The minimum atomic E-state index is -5.17. The number of anilines is 2. The largest absolute Gasteiger partial charge is 0.472 e. The van der Waals surface area contributed by atoms with Crippen LogP contribution in [0.4, 0.5) is 20.4 Å². The molecule has 10 atom stereocenters. The minimum Gasteiger partial charge on any atom is -0.382 e. The third-order valence-electron chi connectivity index (χ3n) is 7.17. The molecule has 4 aromatic rings. The predicted molar refractivity (Wildman–Crippen MR) is 138 cm³/mol. The molecule has 20 nitrogen and oxygen atoms in total. The summed E-state index contributed by atoms with van der Waals surface area (Å²) in [6.45, 7) is -1.85. The van der Waals surface area contributed by atoms with Crippen LogP contribution in [-0.4, -0.2) is 98.8 Å². The topological polar surface area (TPSA) is 269 Å². The van der Waals surface area contributed by atoms with E-state index in [9.17, 15) is 18.9 Å². The number of alkyl halides is 2. The normalized spacial score (nSPS) is 38.3. The third-order valence-corrected chi connectivity index (χ3v) is 9.14. The second-order valence-corrected chi connectivity index (χ2v) is 12.7. The van der Waals surface area contributed by atoms with Crippen molar-refractivity contribution in [2.75, 3.05) is 24.7 Å². The average Bonchev–Trinajstić information content (AvgIpc) is 3.73. The molecule has 0 aromatic carbocycles. The molecule has 0 spiro atoms. The van der Waals surface area contributed by atoms with Crippen LogP contribution >= 0.6 is 15.6 Å². The number of phosphoric ester groups is 2. The molecule has 236 valence electrons. The summed E-state index contributed by atoms with van der Waals surface area (Å²) in [5.74, 6) is -0.00962. The zero-order valence-corrected chi connectivity index (χ0v) is 23.7. The maximum Gasteiger partial charge on any atom is 0.472 e. The van der Waals surface area contributed by atoms with Crippen LogP contribution in [0, 0.1) is 0 Å². The molecule has 2 unspecified atom stereocenters. The summed E-state index contributed by atoms with van der Waals surface area (Å²) in [4.78, 5) is 44.9. The Labute approximate surface area is 243 Å². The van der Waals surface area contributed by atoms with Gasteiger partial charge in [-0.15, -0.1) is 0 Å². The van der Waals surface area contributed by atoms with Gasteiger partial charge in [0.15, 0.2) is 47.7 Å². The molecule has 3 aliphatic rings. The van der Waals surface area contributed by atoms with Crippen molar-refractivity contribution in [1.82, 2.24) is 39.0 Å². The van der Waals surface area contributed by atoms with Crippen LogP contribution < -0.4 is 11.5 Å². The number of fused-ring (bicyclic) bond motifs is 5. The van der Waals surface area contributed by atoms with Crippen molar-refractivity contribution in [2.45, 2.75) is 49.2 Å². The van der Waals surface area contributed by atoms with Crippen molar-refractivity contribution in [3.05, 3.63) is 25.3 Å². The Bertz CT molecular complexity index is 1830. The summed E-state index contributed by atoms with van der Waals surface area (Å²) in [6.07, 6.45) is -10.0. The Balaban J connectivity index is 1.20. The second kappa shape index (κ2) is 10.7. The maximum atomic E-state index is 15.8. The van der Waals surface area contributed by atoms with Gasteiger partial charge in [-0.2, -0.15) is 0 Å². The van der Waals surface area contributed by atoms with Gasteiger partial charge >= 0.3 is 15.6 Å². The Morgan fingerprint density at radius 1 is 0.727 bits per heavy atom. The number of halogens is 2. The summed E-state index contributed by atoms with van der Waals surface area (Å²) in [5, 5.41) is 0. The Kier molecular flexibility index (Phi) is 7.12. The first kappa shape index (κ1) is 29.4. The first-order valence-corrected chi connectivity index (χ1v) is 15.7. The van der Waals surface area contributed by atoms with E-state index in [0.717, 1.165) is 29.9 Å². The molecule has 0 amide bonds. The van der Waals surface area contributed by atoms with Gasteiger partial charge in [-0.05, 0) is 0 Å². The first-order valence-electron chi connectivity index (χ1n) is 12.7. The lowest BCUT2D eigenvalue weighted by Crippen LogP contribution is -2.34. The van der Waals surface area contributed by atoms with Crippen molar-refractivity contribution in [3.8, 4) is 0 Å². The molecule has 7 heterocycles. The lowest BCUT2D eigenvalue weighted by molar-refractivity contribution is -0.0669. The standard InChI is InChI=1S/C20H22F2N10O10P2/c21-9-7-1-37-43(33,34)41-13-8(40-19(10(13)22)31-5-29-11-15(23)25-3-27-17(11)31)2-38-44(35,36)42-14(9)20(39-7)32-6-30-12-16(24)26-4-28-18(12)32/h3-10,13-14,19-20H,1-2H2,(H,33,34)(H,35,36)(H2,23,25,27)(H2,24,26,28)/t7-,8-,9-,10-,13-,14-,19-,20-/m1/s1. The zero-order valence-electron chi connectivity index (χ0n) is 21.9. The first-order chi connectivity index (χ1) is 20.9. The van der Waals surface area contributed by atoms with Crippen LogP contribution in [0.5, 0.6) is 0 Å². The van der Waals surface area contributed by atoms with Crippen LogP contribution in [0.2, 0.25) is 0 Å². The third kappa shape index (κ3) is 5.02. The summed E-state index contributed by atoms with van der Waals surface area (Å²) >= 11 is 0. The van der Waals surface area contributed by atoms with E-state index in [2.05, 4.69) is 29.9 Å². The summed E-state index contributed by atoms with van der Waals surface area (Å²) in [5.41, 5.74) is 12.0. The molecule has 0 aliphatic carbocycles. The van der Waals surface area contributed by atoms with E-state index < -0.39 is 78.1 Å². The minimum absolute atomic E-state index is 0.00292. The smallest absolute Gasteiger partial charge is 0.382 e. The van der Waals surface area contributed by atoms with Crippen LogP contribution in [-0.2, 0) is 36.7 Å². The highest BCUT2D eigenvalue weighted by atomic mass is 31.2. The van der Waals surface area contributed by atoms with Crippen LogP contribution in [0.1, 0.15) is 12.5 Å². The molecule has 24 heteroatoms. The molecular weight excluding hydrogens is 640 g/mol. The number of hydrogen-bond donors (Lipinski definition) is 4. The number of rotatable bonds is 2. The molecule has 4 aromatic heterocycles. The number of aromatic nitrogens is 8. The Hall–Kier alpha value is -3.30. The van der Waals surface area contributed by atoms with Crippen molar-refractivity contribution >= 4 is 49.6 Å². The van der Waals surface area contributed by atoms with Gasteiger partial charge in [0.1, 0.15) is 48.1 Å². The van der Waals surface area contributed by atoms with E-state index in [1.54, 1.807) is 0 Å². The fourth-order valence-electron chi connectivity index (χ4n) is 5.16. The molecular formula is C20H22F2N10O10P2. The average molecular weight is 662 g/mol. The van der Waals surface area contributed by atoms with Gasteiger partial charge in [0, 0.05) is 0 Å². The fraction of sp³-hybridized carbons (Fsp3) is 0.500. The molecule has 2 bridgehead atoms. The van der Waals surface area contributed by atoms with Gasteiger partial charge in [-0.1, -0.05) is 0 Å². The van der Waals surface area contributed by atoms with Crippen molar-refractivity contribution < 1.29 is 55.3 Å². The van der Waals surface area contributed by atoms with Gasteiger partial charge in [-0.3, -0.25) is 27.2 Å². The Morgan fingerprint density at radius 3 is 1.82 bits per heavy atom. The number of nitrogens with two attached hydrogens (primary N) is 2. The molecule has 0 saturated carbocycles. The summed E-state index contributed by atoms with van der Waals surface area (Å²) < 4.78 is 91.6. The van der Waals surface area contributed by atoms with E-state index in [-0.39, 0.29) is 34.0 Å². The monoisotopic (exact) mass is 662 g/mol. The van der Waals surface area contributed by atoms with Gasteiger partial charge in [0.25, 0.3) is 0 Å². The number of ether oxygens (including phenoxy) is 2. The number of hydrogen-bond acceptors (Lipinski definition) is 16. The molecule has 6 N–H and O–H groups in total. The van der Waals surface area contributed by atoms with E-state index in [1.807, 2.05) is 0 Å². The van der Waals surface area contributed by atoms with Crippen LogP contribution in [0.3, 0.4) is 0 Å². The molecule has 3 aliphatic heterocycles. The van der Waals surface area contributed by atoms with Crippen LogP contribution in [0.15, 0.2) is 25.3 Å². The van der Waals surface area contributed by atoms with Gasteiger partial charge in [-0.25, -0.2) is 47.8 Å². The highest BCUT2D eigenvalue weighted by molar-refractivity contribution is 7.47. The SMILES string of the molecule is Nc1ncnc2c1ncn2[C@@H]1O[C@@H]2COP(=O)(O)O[C@@H]3[C@H](F)[C@@H](COP(=O)(O)O[C@H]2[C@H]1F)O[C@H]3n1cnc2c(N)ncnc21. The number of nitrogen functional groups attached to an aromatic ring is 2. The highest BCUT2D eigenvalue weighted by Gasteiger charge is 2.55. The van der Waals surface area contributed by atoms with E-state index in [4.69, 9.17) is 39.0 Å². The molecule has 44 heavy (non-hydrogen) atoms.